The molecule has 1 saturated carbocycles. The average Bonchev–Trinajstić information content (AvgIpc) is 2.61. The quantitative estimate of drug-likeness (QED) is 0.359. The summed E-state index contributed by atoms with van der Waals surface area (Å²) in [6.07, 6.45) is 4.92. The molecule has 1 aliphatic rings. The van der Waals surface area contributed by atoms with Crippen LogP contribution in [0.2, 0.25) is 0 Å². The number of hydrazine groups is 2. The molecular weight excluding hydrogens is 308 g/mol. The monoisotopic (exact) mass is 334 g/mol. The fourth-order valence-electron chi connectivity index (χ4n) is 3.09. The second-order valence-corrected chi connectivity index (χ2v) is 6.37. The lowest BCUT2D eigenvalue weighted by Crippen LogP contribution is -2.56. The Bertz CT molecular complexity index is 546. The van der Waals surface area contributed by atoms with Crippen LogP contribution < -0.4 is 17.0 Å². The number of carbonyl (C=O) groups excluding carboxylic acids is 2. The number of nitrogens with two attached hydrogens (primary N) is 2. The Morgan fingerprint density at radius 1 is 1.21 bits per heavy atom. The average molecular weight is 334 g/mol. The maximum absolute atomic E-state index is 12.1. The number of amides is 2. The van der Waals surface area contributed by atoms with Gasteiger partial charge in [0.25, 0.3) is 11.8 Å². The van der Waals surface area contributed by atoms with E-state index in [1.165, 1.54) is 19.3 Å². The Morgan fingerprint density at radius 2 is 1.83 bits per heavy atom. The Labute approximate surface area is 141 Å². The third-order valence-corrected chi connectivity index (χ3v) is 4.47. The molecule has 7 nitrogen and oxygen atoms in total. The van der Waals surface area contributed by atoms with Crippen LogP contribution in [0, 0.1) is 5.92 Å². The molecule has 0 radical (unpaired) electrons. The highest BCUT2D eigenvalue weighted by Gasteiger charge is 2.28. The highest BCUT2D eigenvalue weighted by Crippen LogP contribution is 2.27. The van der Waals surface area contributed by atoms with E-state index in [0.29, 0.717) is 23.0 Å². The van der Waals surface area contributed by atoms with E-state index in [9.17, 15) is 14.7 Å². The van der Waals surface area contributed by atoms with Gasteiger partial charge in [-0.25, -0.2) is 11.3 Å². The predicted octanol–water partition coefficient (Wildman–Crippen LogP) is 0.692. The summed E-state index contributed by atoms with van der Waals surface area (Å²) in [5, 5.41) is 10.7. The van der Waals surface area contributed by atoms with E-state index in [1.54, 1.807) is 30.3 Å². The van der Waals surface area contributed by atoms with Gasteiger partial charge < -0.3 is 10.8 Å². The Kier molecular flexibility index (Phi) is 6.72. The molecule has 1 aromatic rings. The zero-order valence-electron chi connectivity index (χ0n) is 13.7. The van der Waals surface area contributed by atoms with E-state index >= 15 is 0 Å². The molecule has 2 rings (SSSR count). The van der Waals surface area contributed by atoms with Crippen molar-refractivity contribution in [2.45, 2.75) is 50.7 Å². The van der Waals surface area contributed by atoms with Crippen molar-refractivity contribution in [1.29, 1.82) is 0 Å². The highest BCUT2D eigenvalue weighted by molar-refractivity contribution is 5.95. The molecule has 0 spiro atoms. The minimum atomic E-state index is -1.40. The first-order chi connectivity index (χ1) is 11.5. The van der Waals surface area contributed by atoms with E-state index in [-0.39, 0.29) is 0 Å². The van der Waals surface area contributed by atoms with Crippen molar-refractivity contribution in [1.82, 2.24) is 10.5 Å². The SMILES string of the molecule is N[C@H](CC1CCCCC1)C(O)C(=O)NN(N)C(=O)c1ccccc1. The van der Waals surface area contributed by atoms with Gasteiger partial charge in [0.15, 0.2) is 0 Å². The number of aliphatic hydroxyl groups excluding tert-OH is 1. The standard InChI is InChI=1S/C17H26N4O3/c18-14(11-12-7-3-1-4-8-12)15(22)16(23)20-21(19)17(24)13-9-5-2-6-10-13/h2,5-6,9-10,12,14-15,22H,1,3-4,7-8,11,18-19H2,(H,20,23)/t14-,15?/m1/s1. The molecule has 0 saturated heterocycles. The van der Waals surface area contributed by atoms with Crippen molar-refractivity contribution in [3.05, 3.63) is 35.9 Å². The minimum Gasteiger partial charge on any atom is -0.382 e. The van der Waals surface area contributed by atoms with Gasteiger partial charge in [-0.1, -0.05) is 50.3 Å². The first-order valence-corrected chi connectivity index (χ1v) is 8.37. The number of rotatable bonds is 5. The molecule has 0 aliphatic heterocycles. The van der Waals surface area contributed by atoms with E-state index in [2.05, 4.69) is 5.43 Å². The summed E-state index contributed by atoms with van der Waals surface area (Å²) in [5.41, 5.74) is 8.48. The lowest BCUT2D eigenvalue weighted by molar-refractivity contribution is -0.134. The third-order valence-electron chi connectivity index (χ3n) is 4.47. The minimum absolute atomic E-state index is 0.335. The summed E-state index contributed by atoms with van der Waals surface area (Å²) in [6.45, 7) is 0. The summed E-state index contributed by atoms with van der Waals surface area (Å²) < 4.78 is 0. The Hall–Kier alpha value is -1.96. The third kappa shape index (κ3) is 5.02. The van der Waals surface area contributed by atoms with E-state index in [0.717, 1.165) is 12.8 Å². The maximum Gasteiger partial charge on any atom is 0.287 e. The van der Waals surface area contributed by atoms with Gasteiger partial charge in [-0.2, -0.15) is 5.12 Å². The molecule has 1 fully saturated rings. The van der Waals surface area contributed by atoms with Gasteiger partial charge in [-0.15, -0.1) is 0 Å². The molecule has 1 aliphatic carbocycles. The van der Waals surface area contributed by atoms with Crippen molar-refractivity contribution in [3.63, 3.8) is 0 Å². The maximum atomic E-state index is 12.1. The normalized spacial score (nSPS) is 17.8. The largest absolute Gasteiger partial charge is 0.382 e. The van der Waals surface area contributed by atoms with Crippen LogP contribution in [0.1, 0.15) is 48.9 Å². The Balaban J connectivity index is 1.84. The van der Waals surface area contributed by atoms with E-state index < -0.39 is 24.0 Å². The molecule has 0 aromatic heterocycles. The fourth-order valence-corrected chi connectivity index (χ4v) is 3.09. The van der Waals surface area contributed by atoms with Gasteiger partial charge in [0.2, 0.25) is 0 Å². The van der Waals surface area contributed by atoms with E-state index in [4.69, 9.17) is 11.6 Å². The van der Waals surface area contributed by atoms with Crippen LogP contribution in [0.5, 0.6) is 0 Å². The van der Waals surface area contributed by atoms with Crippen LogP contribution in [0.25, 0.3) is 0 Å². The first-order valence-electron chi connectivity index (χ1n) is 8.37. The van der Waals surface area contributed by atoms with Gasteiger partial charge in [-0.05, 0) is 24.5 Å². The van der Waals surface area contributed by atoms with Crippen molar-refractivity contribution < 1.29 is 14.7 Å². The number of nitrogens with zero attached hydrogens (tertiary/aromatic N) is 1. The van der Waals surface area contributed by atoms with Crippen LogP contribution in [0.15, 0.2) is 30.3 Å². The molecule has 1 unspecified atom stereocenters. The van der Waals surface area contributed by atoms with Crippen LogP contribution in [0.3, 0.4) is 0 Å². The molecule has 24 heavy (non-hydrogen) atoms. The number of aliphatic hydroxyl groups is 1. The van der Waals surface area contributed by atoms with Gasteiger partial charge in [0.1, 0.15) is 6.10 Å². The van der Waals surface area contributed by atoms with Crippen LogP contribution in [-0.2, 0) is 4.79 Å². The molecular formula is C17H26N4O3. The van der Waals surface area contributed by atoms with Crippen molar-refractivity contribution in [2.24, 2.45) is 17.5 Å². The van der Waals surface area contributed by atoms with Crippen molar-refractivity contribution in [3.8, 4) is 0 Å². The van der Waals surface area contributed by atoms with Crippen molar-refractivity contribution in [2.75, 3.05) is 0 Å². The number of hydrogen-bond donors (Lipinski definition) is 4. The number of hydrogen-bond acceptors (Lipinski definition) is 5. The summed E-state index contributed by atoms with van der Waals surface area (Å²) in [6, 6.07) is 7.65. The number of nitrogens with one attached hydrogen (secondary N) is 1. The molecule has 132 valence electrons. The molecule has 2 atom stereocenters. The molecule has 7 heteroatoms. The zero-order valence-corrected chi connectivity index (χ0v) is 13.7. The fraction of sp³-hybridized carbons (Fsp3) is 0.529. The van der Waals surface area contributed by atoms with Gasteiger partial charge in [0, 0.05) is 11.6 Å². The lowest BCUT2D eigenvalue weighted by atomic mass is 9.84. The molecule has 6 N–H and O–H groups in total. The van der Waals surface area contributed by atoms with Gasteiger partial charge in [-0.3, -0.25) is 9.59 Å². The zero-order chi connectivity index (χ0) is 17.5. The molecule has 2 amide bonds. The van der Waals surface area contributed by atoms with E-state index in [1.807, 2.05) is 0 Å². The molecule has 1 aromatic carbocycles. The summed E-state index contributed by atoms with van der Waals surface area (Å²) in [7, 11) is 0. The highest BCUT2D eigenvalue weighted by atomic mass is 16.3. The number of carbonyl (C=O) groups is 2. The van der Waals surface area contributed by atoms with Gasteiger partial charge >= 0.3 is 0 Å². The topological polar surface area (TPSA) is 122 Å². The molecule has 0 heterocycles. The lowest BCUT2D eigenvalue weighted by Gasteiger charge is -2.27. The smallest absolute Gasteiger partial charge is 0.287 e. The second kappa shape index (κ2) is 8.77. The second-order valence-electron chi connectivity index (χ2n) is 6.37. The predicted molar refractivity (Wildman–Crippen MR) is 90.1 cm³/mol. The summed E-state index contributed by atoms with van der Waals surface area (Å²) >= 11 is 0. The first kappa shape index (κ1) is 18.4. The van der Waals surface area contributed by atoms with Crippen LogP contribution in [0.4, 0.5) is 0 Å². The molecule has 0 bridgehead atoms. The van der Waals surface area contributed by atoms with Crippen molar-refractivity contribution >= 4 is 11.8 Å². The summed E-state index contributed by atoms with van der Waals surface area (Å²) in [5.74, 6) is 4.67. The van der Waals surface area contributed by atoms with Crippen LogP contribution >= 0.6 is 0 Å². The van der Waals surface area contributed by atoms with Gasteiger partial charge in [0.05, 0.1) is 0 Å². The summed E-state index contributed by atoms with van der Waals surface area (Å²) in [4.78, 5) is 24.1. The van der Waals surface area contributed by atoms with Crippen LogP contribution in [-0.4, -0.2) is 34.2 Å². The Morgan fingerprint density at radius 3 is 2.46 bits per heavy atom. The number of benzene rings is 1.